The lowest BCUT2D eigenvalue weighted by Crippen LogP contribution is -2.52. The molecule has 9 atom stereocenters. The average molecular weight is 678 g/mol. The van der Waals surface area contributed by atoms with Gasteiger partial charge in [-0.15, -0.1) is 6.42 Å². The van der Waals surface area contributed by atoms with E-state index in [1.54, 1.807) is 48.5 Å². The Labute approximate surface area is 283 Å². The Morgan fingerprint density at radius 2 is 1.80 bits per heavy atom. The minimum atomic E-state index is -2.27. The fourth-order valence-electron chi connectivity index (χ4n) is 7.26. The number of hydrogen-bond donors (Lipinski definition) is 5. The predicted molar refractivity (Wildman–Crippen MR) is 172 cm³/mol. The summed E-state index contributed by atoms with van der Waals surface area (Å²) in [6.07, 6.45) is -0.608. The Hall–Kier alpha value is -4.39. The maximum absolute atomic E-state index is 13.9. The maximum atomic E-state index is 13.9. The van der Waals surface area contributed by atoms with Gasteiger partial charge in [-0.2, -0.15) is 0 Å². The summed E-state index contributed by atoms with van der Waals surface area (Å²) in [5.74, 6) is 0.493. The zero-order chi connectivity index (χ0) is 34.9. The second kappa shape index (κ2) is 13.9. The van der Waals surface area contributed by atoms with Gasteiger partial charge in [0.2, 0.25) is 12.2 Å². The van der Waals surface area contributed by atoms with Gasteiger partial charge in [-0.25, -0.2) is 0 Å². The van der Waals surface area contributed by atoms with Gasteiger partial charge in [0.25, 0.3) is 6.29 Å². The van der Waals surface area contributed by atoms with Crippen molar-refractivity contribution >= 4 is 5.91 Å². The van der Waals surface area contributed by atoms with Crippen molar-refractivity contribution in [3.05, 3.63) is 83.4 Å². The highest BCUT2D eigenvalue weighted by Crippen LogP contribution is 2.70. The number of nitrogens with one attached hydrogen (secondary N) is 1. The van der Waals surface area contributed by atoms with Gasteiger partial charge < -0.3 is 58.9 Å². The molecule has 6 rings (SSSR count). The topological polar surface area (TPSA) is 175 Å². The van der Waals surface area contributed by atoms with Crippen molar-refractivity contribution in [1.29, 1.82) is 0 Å². The number of aliphatic hydroxyl groups is 4. The molecule has 3 aromatic carbocycles. The van der Waals surface area contributed by atoms with Gasteiger partial charge in [-0.1, -0.05) is 48.4 Å². The molecule has 0 aromatic heterocycles. The molecular weight excluding hydrogens is 638 g/mol. The molecule has 2 aliphatic heterocycles. The molecule has 3 aromatic rings. The van der Waals surface area contributed by atoms with Crippen molar-refractivity contribution < 1.29 is 58.4 Å². The molecule has 13 heteroatoms. The fourth-order valence-corrected chi connectivity index (χ4v) is 7.26. The zero-order valence-electron chi connectivity index (χ0n) is 27.1. The van der Waals surface area contributed by atoms with Gasteiger partial charge in [0, 0.05) is 25.2 Å². The number of aliphatic hydroxyl groups excluding tert-OH is 3. The molecule has 1 saturated carbocycles. The van der Waals surface area contributed by atoms with Crippen LogP contribution in [0, 0.1) is 18.3 Å². The second-order valence-corrected chi connectivity index (χ2v) is 12.0. The Morgan fingerprint density at radius 3 is 2.43 bits per heavy atom. The van der Waals surface area contributed by atoms with Crippen LogP contribution in [0.2, 0.25) is 0 Å². The highest BCUT2D eigenvalue weighted by Gasteiger charge is 2.78. The monoisotopic (exact) mass is 677 g/mol. The van der Waals surface area contributed by atoms with E-state index in [0.717, 1.165) is 0 Å². The SMILES string of the molecule is C#CCNC(=O)[C@H]1[C@@H](O)[C@@]2(O)c3c(OC)cc(O[C@@H]4O[C@@H]([C@@H](O)CO)CO[C@H]4OC)cc3O[C@@]2(c2ccc(OC)cc2)[C@@H]1c1ccccc1. The Balaban J connectivity index is 1.53. The lowest BCUT2D eigenvalue weighted by atomic mass is 9.70. The van der Waals surface area contributed by atoms with E-state index in [-0.39, 0.29) is 36.0 Å². The van der Waals surface area contributed by atoms with Gasteiger partial charge in [-0.05, 0) is 23.3 Å². The summed E-state index contributed by atoms with van der Waals surface area (Å²) in [5.41, 5.74) is -2.92. The minimum Gasteiger partial charge on any atom is -0.497 e. The smallest absolute Gasteiger partial charge is 0.251 e. The first-order valence-electron chi connectivity index (χ1n) is 15.7. The number of ether oxygens (including phenoxy) is 7. The van der Waals surface area contributed by atoms with E-state index < -0.39 is 66.4 Å². The van der Waals surface area contributed by atoms with Gasteiger partial charge in [-0.3, -0.25) is 4.79 Å². The van der Waals surface area contributed by atoms with Gasteiger partial charge in [0.05, 0.1) is 45.5 Å². The third-order valence-electron chi connectivity index (χ3n) is 9.44. The number of methoxy groups -OCH3 is 3. The summed E-state index contributed by atoms with van der Waals surface area (Å²) < 4.78 is 41.2. The summed E-state index contributed by atoms with van der Waals surface area (Å²) in [6, 6.07) is 18.8. The van der Waals surface area contributed by atoms with E-state index in [4.69, 9.17) is 39.6 Å². The number of fused-ring (bicyclic) bond motifs is 3. The zero-order valence-corrected chi connectivity index (χ0v) is 27.1. The number of rotatable bonds is 11. The molecular formula is C36H39NO12. The molecule has 13 nitrogen and oxygen atoms in total. The first kappa shape index (κ1) is 34.5. The van der Waals surface area contributed by atoms with Crippen LogP contribution >= 0.6 is 0 Å². The third kappa shape index (κ3) is 5.55. The Kier molecular flexibility index (Phi) is 9.74. The molecule has 260 valence electrons. The van der Waals surface area contributed by atoms with Gasteiger partial charge in [0.1, 0.15) is 41.3 Å². The summed E-state index contributed by atoms with van der Waals surface area (Å²) in [4.78, 5) is 13.9. The fraction of sp³-hybridized carbons (Fsp3) is 0.417. The molecule has 0 radical (unpaired) electrons. The van der Waals surface area contributed by atoms with Crippen molar-refractivity contribution in [2.75, 3.05) is 41.1 Å². The van der Waals surface area contributed by atoms with Gasteiger partial charge in [0.15, 0.2) is 11.2 Å². The number of hydrogen-bond acceptors (Lipinski definition) is 12. The van der Waals surface area contributed by atoms with E-state index >= 15 is 0 Å². The van der Waals surface area contributed by atoms with Crippen molar-refractivity contribution in [3.63, 3.8) is 0 Å². The van der Waals surface area contributed by atoms with Crippen molar-refractivity contribution in [2.45, 2.75) is 48.0 Å². The lowest BCUT2D eigenvalue weighted by Gasteiger charge is -2.40. The minimum absolute atomic E-state index is 0.0526. The molecule has 1 aliphatic carbocycles. The van der Waals surface area contributed by atoms with Crippen LogP contribution in [0.5, 0.6) is 23.0 Å². The first-order valence-corrected chi connectivity index (χ1v) is 15.7. The highest BCUT2D eigenvalue weighted by molar-refractivity contribution is 5.83. The molecule has 2 fully saturated rings. The summed E-state index contributed by atoms with van der Waals surface area (Å²) in [7, 11) is 4.31. The third-order valence-corrected chi connectivity index (χ3v) is 9.44. The standard InChI is InChI=1S/C36H39NO12/c1-5-15-37-32(41)28-29(20-9-7-6-8-10-20)36(21-11-13-22(43-2)14-12-21)35(42,31(28)40)30-25(44-3)16-23(17-26(30)49-36)47-34-33(45-4)46-19-27(48-34)24(39)18-38/h1,6-14,16-17,24,27-29,31,33-34,38-40,42H,15,18-19H2,2-4H3,(H,37,41)/t24-,27+,28+,29+,31+,33+,34+,35-,36-/m0/s1. The van der Waals surface area contributed by atoms with Crippen LogP contribution in [0.4, 0.5) is 0 Å². The number of carbonyl (C=O) groups excluding carboxylic acids is 1. The number of amides is 1. The normalized spacial score (nSPS) is 30.7. The number of carbonyl (C=O) groups is 1. The summed E-state index contributed by atoms with van der Waals surface area (Å²) in [6.45, 7) is -0.703. The van der Waals surface area contributed by atoms with Crippen LogP contribution in [0.3, 0.4) is 0 Å². The molecule has 0 unspecified atom stereocenters. The van der Waals surface area contributed by atoms with E-state index in [1.807, 2.05) is 6.07 Å². The van der Waals surface area contributed by atoms with Crippen LogP contribution in [0.25, 0.3) is 0 Å². The molecule has 0 bridgehead atoms. The maximum Gasteiger partial charge on any atom is 0.251 e. The number of benzene rings is 3. The van der Waals surface area contributed by atoms with Crippen molar-refractivity contribution in [2.24, 2.45) is 5.92 Å². The number of terminal acetylenes is 1. The van der Waals surface area contributed by atoms with Crippen LogP contribution in [-0.2, 0) is 30.2 Å². The van der Waals surface area contributed by atoms with E-state index in [2.05, 4.69) is 11.2 Å². The van der Waals surface area contributed by atoms with Crippen LogP contribution < -0.4 is 24.3 Å². The second-order valence-electron chi connectivity index (χ2n) is 12.0. The molecule has 0 spiro atoms. The van der Waals surface area contributed by atoms with Crippen LogP contribution in [0.1, 0.15) is 22.6 Å². The van der Waals surface area contributed by atoms with E-state index in [0.29, 0.717) is 16.9 Å². The quantitative estimate of drug-likeness (QED) is 0.184. The Bertz CT molecular complexity index is 1680. The van der Waals surface area contributed by atoms with Crippen molar-refractivity contribution in [1.82, 2.24) is 5.32 Å². The molecule has 1 amide bonds. The molecule has 5 N–H and O–H groups in total. The Morgan fingerprint density at radius 1 is 1.06 bits per heavy atom. The van der Waals surface area contributed by atoms with Crippen molar-refractivity contribution in [3.8, 4) is 35.3 Å². The van der Waals surface area contributed by atoms with Crippen LogP contribution in [-0.4, -0.2) is 98.3 Å². The summed E-state index contributed by atoms with van der Waals surface area (Å²) >= 11 is 0. The predicted octanol–water partition coefficient (Wildman–Crippen LogP) is 1.15. The summed E-state index contributed by atoms with van der Waals surface area (Å²) in [5, 5.41) is 47.7. The molecule has 49 heavy (non-hydrogen) atoms. The average Bonchev–Trinajstić information content (AvgIpc) is 3.51. The molecule has 1 saturated heterocycles. The lowest BCUT2D eigenvalue weighted by molar-refractivity contribution is -0.324. The molecule has 2 heterocycles. The molecule has 3 aliphatic rings. The van der Waals surface area contributed by atoms with E-state index in [9.17, 15) is 25.2 Å². The van der Waals surface area contributed by atoms with Gasteiger partial charge >= 0.3 is 0 Å². The van der Waals surface area contributed by atoms with E-state index in [1.165, 1.54) is 33.5 Å². The first-order chi connectivity index (χ1) is 23.7. The largest absolute Gasteiger partial charge is 0.497 e. The highest BCUT2D eigenvalue weighted by atomic mass is 16.8. The van der Waals surface area contributed by atoms with Crippen LogP contribution in [0.15, 0.2) is 66.7 Å².